The van der Waals surface area contributed by atoms with Gasteiger partial charge in [0.15, 0.2) is 12.2 Å². The van der Waals surface area contributed by atoms with Gasteiger partial charge in [0.2, 0.25) is 0 Å². The summed E-state index contributed by atoms with van der Waals surface area (Å²) in [6.45, 7) is 3.50. The second-order valence-electron chi connectivity index (χ2n) is 5.11. The van der Waals surface area contributed by atoms with Gasteiger partial charge in [0.1, 0.15) is 6.10 Å². The molecule has 3 saturated heterocycles. The van der Waals surface area contributed by atoms with Crippen LogP contribution >= 0.6 is 0 Å². The molecule has 0 aliphatic carbocycles. The SMILES string of the molecule is C=C(CC(=O)OC)C(=O)OC1C2CC3C(=O)OC1C3O2. The van der Waals surface area contributed by atoms with Gasteiger partial charge in [0.25, 0.3) is 0 Å². The van der Waals surface area contributed by atoms with E-state index >= 15 is 0 Å². The van der Waals surface area contributed by atoms with E-state index in [-0.39, 0.29) is 36.1 Å². The van der Waals surface area contributed by atoms with Crippen LogP contribution in [0.25, 0.3) is 0 Å². The maximum absolute atomic E-state index is 11.9. The van der Waals surface area contributed by atoms with Crippen LogP contribution in [0.2, 0.25) is 0 Å². The van der Waals surface area contributed by atoms with Gasteiger partial charge in [0, 0.05) is 5.57 Å². The Labute approximate surface area is 114 Å². The average molecular weight is 282 g/mol. The van der Waals surface area contributed by atoms with Crippen LogP contribution in [-0.2, 0) is 33.3 Å². The van der Waals surface area contributed by atoms with Crippen LogP contribution in [0, 0.1) is 5.92 Å². The van der Waals surface area contributed by atoms with Crippen LogP contribution in [-0.4, -0.2) is 49.4 Å². The molecule has 3 aliphatic rings. The fraction of sp³-hybridized carbons (Fsp3) is 0.615. The Bertz CT molecular complexity index is 497. The van der Waals surface area contributed by atoms with Crippen molar-refractivity contribution in [2.24, 2.45) is 5.92 Å². The fourth-order valence-electron chi connectivity index (χ4n) is 2.91. The highest BCUT2D eigenvalue weighted by Gasteiger charge is 2.65. The van der Waals surface area contributed by atoms with Gasteiger partial charge in [-0.05, 0) is 6.42 Å². The largest absolute Gasteiger partial charge is 0.469 e. The number of fused-ring (bicyclic) bond motifs is 1. The summed E-state index contributed by atoms with van der Waals surface area (Å²) < 4.78 is 20.5. The molecule has 0 radical (unpaired) electrons. The molecule has 0 aromatic carbocycles. The second kappa shape index (κ2) is 4.59. The Kier molecular flexibility index (Phi) is 3.01. The van der Waals surface area contributed by atoms with Gasteiger partial charge in [-0.3, -0.25) is 9.59 Å². The smallest absolute Gasteiger partial charge is 0.334 e. The topological polar surface area (TPSA) is 88.1 Å². The molecule has 0 N–H and O–H groups in total. The molecule has 0 spiro atoms. The normalized spacial score (nSPS) is 36.6. The first-order chi connectivity index (χ1) is 9.51. The molecule has 7 nitrogen and oxygen atoms in total. The van der Waals surface area contributed by atoms with Crippen molar-refractivity contribution >= 4 is 17.9 Å². The minimum absolute atomic E-state index is 0.000460. The number of ether oxygens (including phenoxy) is 4. The van der Waals surface area contributed by atoms with E-state index in [9.17, 15) is 14.4 Å². The van der Waals surface area contributed by atoms with E-state index in [1.165, 1.54) is 7.11 Å². The maximum Gasteiger partial charge on any atom is 0.334 e. The van der Waals surface area contributed by atoms with E-state index in [0.29, 0.717) is 6.42 Å². The minimum atomic E-state index is -0.698. The molecule has 5 atom stereocenters. The molecule has 3 aliphatic heterocycles. The zero-order valence-corrected chi connectivity index (χ0v) is 10.9. The number of carbonyl (C=O) groups is 3. The van der Waals surface area contributed by atoms with Crippen LogP contribution in [0.3, 0.4) is 0 Å². The molecule has 0 saturated carbocycles. The maximum atomic E-state index is 11.9. The first kappa shape index (κ1) is 13.1. The highest BCUT2D eigenvalue weighted by molar-refractivity contribution is 5.93. The molecule has 0 aromatic rings. The number of hydrogen-bond donors (Lipinski definition) is 0. The van der Waals surface area contributed by atoms with Gasteiger partial charge in [0.05, 0.1) is 25.6 Å². The molecule has 0 aromatic heterocycles. The number of rotatable bonds is 4. The van der Waals surface area contributed by atoms with Gasteiger partial charge < -0.3 is 18.9 Å². The standard InChI is InChI=1S/C13H14O7/c1-5(3-8(14)17-2)12(15)19-10-7-4-6-9(18-7)11(10)20-13(6)16/h6-7,9-11H,1,3-4H2,2H3. The van der Waals surface area contributed by atoms with E-state index in [1.807, 2.05) is 0 Å². The third kappa shape index (κ3) is 1.89. The van der Waals surface area contributed by atoms with Crippen LogP contribution in [0.1, 0.15) is 12.8 Å². The van der Waals surface area contributed by atoms with Crippen molar-refractivity contribution in [1.82, 2.24) is 0 Å². The second-order valence-corrected chi connectivity index (χ2v) is 5.11. The molecule has 7 heteroatoms. The van der Waals surface area contributed by atoms with Crippen molar-refractivity contribution in [2.45, 2.75) is 37.3 Å². The highest BCUT2D eigenvalue weighted by Crippen LogP contribution is 2.47. The van der Waals surface area contributed by atoms with Crippen molar-refractivity contribution in [3.05, 3.63) is 12.2 Å². The summed E-state index contributed by atoms with van der Waals surface area (Å²) in [6, 6.07) is 0. The van der Waals surface area contributed by atoms with Crippen LogP contribution in [0.5, 0.6) is 0 Å². The molecule has 20 heavy (non-hydrogen) atoms. The van der Waals surface area contributed by atoms with E-state index in [0.717, 1.165) is 0 Å². The monoisotopic (exact) mass is 282 g/mol. The van der Waals surface area contributed by atoms with Gasteiger partial charge in [-0.25, -0.2) is 4.79 Å². The summed E-state index contributed by atoms with van der Waals surface area (Å²) in [5.74, 6) is -1.80. The molecule has 5 unspecified atom stereocenters. The first-order valence-corrected chi connectivity index (χ1v) is 6.32. The van der Waals surface area contributed by atoms with Crippen LogP contribution in [0.4, 0.5) is 0 Å². The Morgan fingerprint density at radius 1 is 1.40 bits per heavy atom. The van der Waals surface area contributed by atoms with Gasteiger partial charge in [-0.1, -0.05) is 6.58 Å². The molecular formula is C13H14O7. The minimum Gasteiger partial charge on any atom is -0.469 e. The molecule has 2 bridgehead atoms. The third-order valence-electron chi connectivity index (χ3n) is 3.90. The predicted molar refractivity (Wildman–Crippen MR) is 62.3 cm³/mol. The number of methoxy groups -OCH3 is 1. The molecule has 0 amide bonds. The first-order valence-electron chi connectivity index (χ1n) is 6.32. The van der Waals surface area contributed by atoms with E-state index in [4.69, 9.17) is 14.2 Å². The third-order valence-corrected chi connectivity index (χ3v) is 3.90. The number of esters is 3. The van der Waals surface area contributed by atoms with Crippen molar-refractivity contribution in [2.75, 3.05) is 7.11 Å². The summed E-state index contributed by atoms with van der Waals surface area (Å²) >= 11 is 0. The van der Waals surface area contributed by atoms with Gasteiger partial charge in [-0.2, -0.15) is 0 Å². The lowest BCUT2D eigenvalue weighted by atomic mass is 9.88. The highest BCUT2D eigenvalue weighted by atomic mass is 16.7. The van der Waals surface area contributed by atoms with Crippen molar-refractivity contribution < 1.29 is 33.3 Å². The quantitative estimate of drug-likeness (QED) is 0.398. The zero-order chi connectivity index (χ0) is 14.4. The Morgan fingerprint density at radius 3 is 2.85 bits per heavy atom. The van der Waals surface area contributed by atoms with Gasteiger partial charge in [-0.15, -0.1) is 0 Å². The lowest BCUT2D eigenvalue weighted by Gasteiger charge is -2.22. The summed E-state index contributed by atoms with van der Waals surface area (Å²) in [4.78, 5) is 34.5. The van der Waals surface area contributed by atoms with Crippen LogP contribution < -0.4 is 0 Å². The Hall–Kier alpha value is -1.89. The van der Waals surface area contributed by atoms with E-state index in [1.54, 1.807) is 0 Å². The lowest BCUT2D eigenvalue weighted by molar-refractivity contribution is -0.157. The summed E-state index contributed by atoms with van der Waals surface area (Å²) in [6.07, 6.45) is -1.54. The molecule has 108 valence electrons. The zero-order valence-electron chi connectivity index (χ0n) is 10.9. The molecule has 3 rings (SSSR count). The van der Waals surface area contributed by atoms with Crippen molar-refractivity contribution in [3.63, 3.8) is 0 Å². The van der Waals surface area contributed by atoms with E-state index in [2.05, 4.69) is 11.3 Å². The molecule has 3 fully saturated rings. The average Bonchev–Trinajstić information content (AvgIpc) is 3.02. The lowest BCUT2D eigenvalue weighted by Crippen LogP contribution is -2.40. The van der Waals surface area contributed by atoms with Crippen molar-refractivity contribution in [1.29, 1.82) is 0 Å². The van der Waals surface area contributed by atoms with E-state index < -0.39 is 24.1 Å². The summed E-state index contributed by atoms with van der Waals surface area (Å²) in [5.41, 5.74) is 0.000460. The Balaban J connectivity index is 1.62. The van der Waals surface area contributed by atoms with Crippen molar-refractivity contribution in [3.8, 4) is 0 Å². The molecule has 3 heterocycles. The summed E-state index contributed by atoms with van der Waals surface area (Å²) in [5, 5.41) is 0. The number of hydrogen-bond acceptors (Lipinski definition) is 7. The Morgan fingerprint density at radius 2 is 2.15 bits per heavy atom. The fourth-order valence-corrected chi connectivity index (χ4v) is 2.91. The predicted octanol–water partition coefficient (Wildman–Crippen LogP) is -0.270. The molecular weight excluding hydrogens is 268 g/mol. The summed E-state index contributed by atoms with van der Waals surface area (Å²) in [7, 11) is 1.23. The van der Waals surface area contributed by atoms with Gasteiger partial charge >= 0.3 is 17.9 Å². The van der Waals surface area contributed by atoms with Crippen LogP contribution in [0.15, 0.2) is 12.2 Å². The number of carbonyl (C=O) groups excluding carboxylic acids is 3.